The summed E-state index contributed by atoms with van der Waals surface area (Å²) in [6.07, 6.45) is 3.39. The average molecular weight is 424 g/mol. The molecule has 0 saturated heterocycles. The molecular formula is C18H13Cl3N4O2. The summed E-state index contributed by atoms with van der Waals surface area (Å²) in [5.41, 5.74) is 2.76. The van der Waals surface area contributed by atoms with Crippen molar-refractivity contribution in [3.05, 3.63) is 51.9 Å². The van der Waals surface area contributed by atoms with Crippen LogP contribution in [0.3, 0.4) is 0 Å². The lowest BCUT2D eigenvalue weighted by molar-refractivity contribution is 0.355. The van der Waals surface area contributed by atoms with Crippen molar-refractivity contribution in [3.63, 3.8) is 0 Å². The molecule has 2 aromatic carbocycles. The van der Waals surface area contributed by atoms with Gasteiger partial charge in [-0.25, -0.2) is 9.97 Å². The zero-order valence-corrected chi connectivity index (χ0v) is 16.5. The summed E-state index contributed by atoms with van der Waals surface area (Å²) in [5.74, 6) is 1.72. The molecule has 27 heavy (non-hydrogen) atoms. The second-order valence-electron chi connectivity index (χ2n) is 5.67. The molecule has 0 aliphatic rings. The molecule has 0 aliphatic carbocycles. The Kier molecular flexibility index (Phi) is 4.63. The Labute approximate surface area is 169 Å². The summed E-state index contributed by atoms with van der Waals surface area (Å²) in [4.78, 5) is 8.94. The lowest BCUT2D eigenvalue weighted by atomic mass is 10.2. The fourth-order valence-electron chi connectivity index (χ4n) is 2.85. The molecule has 9 heteroatoms. The minimum Gasteiger partial charge on any atom is -0.493 e. The van der Waals surface area contributed by atoms with Crippen LogP contribution in [0.1, 0.15) is 0 Å². The van der Waals surface area contributed by atoms with Crippen molar-refractivity contribution in [1.29, 1.82) is 0 Å². The van der Waals surface area contributed by atoms with Gasteiger partial charge in [0.25, 0.3) is 0 Å². The first-order valence-electron chi connectivity index (χ1n) is 7.81. The molecule has 2 aromatic heterocycles. The van der Waals surface area contributed by atoms with E-state index < -0.39 is 0 Å². The monoisotopic (exact) mass is 422 g/mol. The Balaban J connectivity index is 1.94. The van der Waals surface area contributed by atoms with E-state index >= 15 is 0 Å². The maximum absolute atomic E-state index is 6.30. The van der Waals surface area contributed by atoms with Crippen molar-refractivity contribution in [3.8, 4) is 11.5 Å². The van der Waals surface area contributed by atoms with Crippen LogP contribution in [-0.4, -0.2) is 28.6 Å². The number of hydrogen-bond donors (Lipinski definition) is 1. The van der Waals surface area contributed by atoms with Gasteiger partial charge >= 0.3 is 0 Å². The van der Waals surface area contributed by atoms with Gasteiger partial charge in [-0.3, -0.25) is 4.40 Å². The highest BCUT2D eigenvalue weighted by Crippen LogP contribution is 2.38. The van der Waals surface area contributed by atoms with Gasteiger partial charge in [0, 0.05) is 17.2 Å². The number of halogens is 3. The maximum atomic E-state index is 6.30. The van der Waals surface area contributed by atoms with Gasteiger partial charge in [0.05, 0.1) is 53.5 Å². The summed E-state index contributed by atoms with van der Waals surface area (Å²) in [7, 11) is 3.16. The molecule has 6 nitrogen and oxygen atoms in total. The van der Waals surface area contributed by atoms with Crippen molar-refractivity contribution in [2.75, 3.05) is 19.5 Å². The van der Waals surface area contributed by atoms with E-state index in [1.54, 1.807) is 44.9 Å². The van der Waals surface area contributed by atoms with Crippen LogP contribution in [-0.2, 0) is 0 Å². The molecule has 0 spiro atoms. The van der Waals surface area contributed by atoms with Crippen LogP contribution in [0.25, 0.3) is 16.6 Å². The maximum Gasteiger partial charge on any atom is 0.163 e. The molecule has 0 saturated carbocycles. The Morgan fingerprint density at radius 3 is 2.26 bits per heavy atom. The Hall–Kier alpha value is -2.41. The highest BCUT2D eigenvalue weighted by atomic mass is 35.5. The smallest absolute Gasteiger partial charge is 0.163 e. The molecule has 2 heterocycles. The first kappa shape index (κ1) is 18.0. The lowest BCUT2D eigenvalue weighted by Crippen LogP contribution is -2.01. The minimum atomic E-state index is 0.388. The SMILES string of the molecule is COc1cc2nc(Nc3c(Cl)cc(Cl)cc3Cl)c3cncn3c2cc1OC. The number of imidazole rings is 1. The third kappa shape index (κ3) is 3.10. The number of methoxy groups -OCH3 is 2. The summed E-state index contributed by atoms with van der Waals surface area (Å²) >= 11 is 18.6. The molecule has 0 fully saturated rings. The van der Waals surface area contributed by atoms with Gasteiger partial charge in [-0.05, 0) is 12.1 Å². The van der Waals surface area contributed by atoms with Gasteiger partial charge in [0.15, 0.2) is 17.3 Å². The van der Waals surface area contributed by atoms with Crippen molar-refractivity contribution < 1.29 is 9.47 Å². The third-order valence-corrected chi connectivity index (χ3v) is 4.92. The highest BCUT2D eigenvalue weighted by Gasteiger charge is 2.16. The summed E-state index contributed by atoms with van der Waals surface area (Å²) in [6.45, 7) is 0. The Morgan fingerprint density at radius 1 is 0.926 bits per heavy atom. The van der Waals surface area contributed by atoms with Gasteiger partial charge in [0.2, 0.25) is 0 Å². The van der Waals surface area contributed by atoms with Crippen LogP contribution in [0, 0.1) is 0 Å². The van der Waals surface area contributed by atoms with Crippen LogP contribution >= 0.6 is 34.8 Å². The molecule has 4 aromatic rings. The number of anilines is 2. The molecule has 0 atom stereocenters. The topological polar surface area (TPSA) is 60.7 Å². The molecule has 4 rings (SSSR count). The molecular weight excluding hydrogens is 411 g/mol. The number of rotatable bonds is 4. The quantitative estimate of drug-likeness (QED) is 0.463. The van der Waals surface area contributed by atoms with E-state index in [-0.39, 0.29) is 0 Å². The van der Waals surface area contributed by atoms with E-state index in [1.807, 2.05) is 10.5 Å². The molecule has 138 valence electrons. The van der Waals surface area contributed by atoms with E-state index in [2.05, 4.69) is 10.3 Å². The van der Waals surface area contributed by atoms with E-state index in [0.717, 1.165) is 11.0 Å². The standard InChI is InChI=1S/C18H13Cl3N4O2/c1-26-15-5-12-13(6-16(15)27-2)25-8-22-7-14(25)18(23-12)24-17-10(20)3-9(19)4-11(17)21/h3-8H,1-2H3,(H,23,24). The first-order chi connectivity index (χ1) is 13.0. The van der Waals surface area contributed by atoms with Crippen molar-refractivity contribution in [2.45, 2.75) is 0 Å². The van der Waals surface area contributed by atoms with E-state index in [9.17, 15) is 0 Å². The summed E-state index contributed by atoms with van der Waals surface area (Å²) in [6, 6.07) is 6.87. The average Bonchev–Trinajstić information content (AvgIpc) is 3.13. The molecule has 0 unspecified atom stereocenters. The van der Waals surface area contributed by atoms with Crippen LogP contribution in [0.5, 0.6) is 11.5 Å². The van der Waals surface area contributed by atoms with Crippen molar-refractivity contribution in [2.24, 2.45) is 0 Å². The minimum absolute atomic E-state index is 0.388. The number of hydrogen-bond acceptors (Lipinski definition) is 5. The van der Waals surface area contributed by atoms with Crippen molar-refractivity contribution >= 4 is 62.9 Å². The molecule has 1 N–H and O–H groups in total. The largest absolute Gasteiger partial charge is 0.493 e. The van der Waals surface area contributed by atoms with Crippen LogP contribution in [0.2, 0.25) is 15.1 Å². The number of ether oxygens (including phenoxy) is 2. The van der Waals surface area contributed by atoms with Gasteiger partial charge in [-0.1, -0.05) is 34.8 Å². The molecule has 0 bridgehead atoms. The van der Waals surface area contributed by atoms with Crippen LogP contribution < -0.4 is 14.8 Å². The fraction of sp³-hybridized carbons (Fsp3) is 0.111. The lowest BCUT2D eigenvalue weighted by Gasteiger charge is -2.14. The van der Waals surface area contributed by atoms with E-state index in [4.69, 9.17) is 49.3 Å². The van der Waals surface area contributed by atoms with E-state index in [1.165, 1.54) is 0 Å². The number of aromatic nitrogens is 3. The second kappa shape index (κ2) is 6.96. The Bertz CT molecular complexity index is 1150. The van der Waals surface area contributed by atoms with Gasteiger partial charge in [-0.2, -0.15) is 0 Å². The van der Waals surface area contributed by atoms with Crippen LogP contribution in [0.15, 0.2) is 36.8 Å². The number of benzene rings is 2. The molecule has 0 radical (unpaired) electrons. The number of nitrogens with zero attached hydrogens (tertiary/aromatic N) is 3. The summed E-state index contributed by atoms with van der Waals surface area (Å²) in [5, 5.41) is 4.42. The predicted molar refractivity (Wildman–Crippen MR) is 108 cm³/mol. The molecule has 0 amide bonds. The van der Waals surface area contributed by atoms with E-state index in [0.29, 0.717) is 43.6 Å². The van der Waals surface area contributed by atoms with Crippen molar-refractivity contribution in [1.82, 2.24) is 14.4 Å². The second-order valence-corrected chi connectivity index (χ2v) is 6.93. The zero-order chi connectivity index (χ0) is 19.1. The van der Waals surface area contributed by atoms with Crippen LogP contribution in [0.4, 0.5) is 11.5 Å². The normalized spacial score (nSPS) is 11.1. The van der Waals surface area contributed by atoms with Gasteiger partial charge in [-0.15, -0.1) is 0 Å². The zero-order valence-electron chi connectivity index (χ0n) is 14.3. The number of fused-ring (bicyclic) bond motifs is 3. The number of nitrogens with one attached hydrogen (secondary N) is 1. The van der Waals surface area contributed by atoms with Gasteiger partial charge < -0.3 is 14.8 Å². The molecule has 0 aliphatic heterocycles. The Morgan fingerprint density at radius 2 is 1.59 bits per heavy atom. The summed E-state index contributed by atoms with van der Waals surface area (Å²) < 4.78 is 12.7. The first-order valence-corrected chi connectivity index (χ1v) is 8.94. The highest BCUT2D eigenvalue weighted by molar-refractivity contribution is 6.41. The fourth-order valence-corrected chi connectivity index (χ4v) is 3.76. The van der Waals surface area contributed by atoms with Gasteiger partial charge in [0.1, 0.15) is 5.52 Å². The predicted octanol–water partition coefficient (Wildman–Crippen LogP) is 5.60. The third-order valence-electron chi connectivity index (χ3n) is 4.10.